The van der Waals surface area contributed by atoms with Gasteiger partial charge in [-0.3, -0.25) is 9.05 Å². The van der Waals surface area contributed by atoms with Gasteiger partial charge in [0.05, 0.1) is 6.10 Å². The fraction of sp³-hybridized carbons (Fsp3) is 0.415. The summed E-state index contributed by atoms with van der Waals surface area (Å²) in [5.74, 6) is 0.626. The molecule has 2 heterocycles. The molecule has 1 aliphatic carbocycles. The molecule has 1 saturated carbocycles. The first-order chi connectivity index (χ1) is 22.7. The maximum absolute atomic E-state index is 7.54. The molecule has 0 bridgehead atoms. The standard InChI is InChI=1S/C41H47O5P/c1-29(2)31-27-26-30(3)36(28-31)44-47-45-40(32-18-10-6-11-19-32,33-20-12-7-13-21-33)37-38(43-39(4,5)42-37)41(46-47,34-22-14-8-15-23-34)35-24-16-9-17-25-35/h6-25,29-31,36-38H,26-28H2,1-5H3/t30-,31-,36+,37-,38-/m1/s1. The van der Waals surface area contributed by atoms with Crippen molar-refractivity contribution in [1.29, 1.82) is 0 Å². The molecule has 0 amide bonds. The maximum Gasteiger partial charge on any atom is 0.335 e. The number of fused-ring (bicyclic) bond motifs is 1. The van der Waals surface area contributed by atoms with Gasteiger partial charge in [0.1, 0.15) is 12.2 Å². The van der Waals surface area contributed by atoms with E-state index in [1.807, 2.05) is 38.1 Å². The topological polar surface area (TPSA) is 46.2 Å². The molecular formula is C41H47O5P. The maximum atomic E-state index is 7.54. The molecule has 4 aromatic rings. The van der Waals surface area contributed by atoms with E-state index in [4.69, 9.17) is 23.0 Å². The molecule has 0 unspecified atom stereocenters. The van der Waals surface area contributed by atoms with Crippen molar-refractivity contribution in [2.24, 2.45) is 17.8 Å². The summed E-state index contributed by atoms with van der Waals surface area (Å²) in [7, 11) is -1.97. The Hall–Kier alpha value is -2.89. The summed E-state index contributed by atoms with van der Waals surface area (Å²) in [5, 5.41) is 0. The molecule has 0 N–H and O–H groups in total. The minimum absolute atomic E-state index is 0.00743. The highest BCUT2D eigenvalue weighted by molar-refractivity contribution is 7.41. The minimum Gasteiger partial charge on any atom is -0.341 e. The SMILES string of the molecule is CC(C)[C@@H]1CC[C@@H](C)[C@@H](OP2OC(c3ccccc3)(c3ccccc3)[C@@H]3OC(C)(C)O[C@H]3C(c3ccccc3)(c3ccccc3)O2)C1. The van der Waals surface area contributed by atoms with Gasteiger partial charge in [-0.1, -0.05) is 142 Å². The van der Waals surface area contributed by atoms with Gasteiger partial charge in [-0.05, 0) is 73.1 Å². The molecule has 2 saturated heterocycles. The Kier molecular flexibility index (Phi) is 9.17. The van der Waals surface area contributed by atoms with E-state index in [1.165, 1.54) is 6.42 Å². The zero-order chi connectivity index (χ0) is 32.6. The smallest absolute Gasteiger partial charge is 0.335 e. The van der Waals surface area contributed by atoms with Crippen LogP contribution in [0.2, 0.25) is 0 Å². The first kappa shape index (κ1) is 32.6. The fourth-order valence-electron chi connectivity index (χ4n) is 7.87. The molecule has 47 heavy (non-hydrogen) atoms. The van der Waals surface area contributed by atoms with Crippen LogP contribution in [-0.4, -0.2) is 24.1 Å². The average Bonchev–Trinajstić information content (AvgIpc) is 3.38. The monoisotopic (exact) mass is 650 g/mol. The normalized spacial score (nSPS) is 28.4. The average molecular weight is 651 g/mol. The molecule has 0 spiro atoms. The lowest BCUT2D eigenvalue weighted by atomic mass is 9.72. The van der Waals surface area contributed by atoms with E-state index >= 15 is 0 Å². The number of ether oxygens (including phenoxy) is 2. The van der Waals surface area contributed by atoms with Crippen LogP contribution in [-0.2, 0) is 34.2 Å². The van der Waals surface area contributed by atoms with Crippen molar-refractivity contribution in [3.8, 4) is 0 Å². The van der Waals surface area contributed by atoms with Gasteiger partial charge in [0.2, 0.25) is 0 Å². The van der Waals surface area contributed by atoms with Gasteiger partial charge >= 0.3 is 8.60 Å². The highest BCUT2D eigenvalue weighted by Crippen LogP contribution is 2.65. The van der Waals surface area contributed by atoms with Crippen LogP contribution >= 0.6 is 8.60 Å². The molecule has 7 rings (SSSR count). The number of hydrogen-bond acceptors (Lipinski definition) is 5. The van der Waals surface area contributed by atoms with E-state index in [2.05, 4.69) is 118 Å². The highest BCUT2D eigenvalue weighted by atomic mass is 31.2. The summed E-state index contributed by atoms with van der Waals surface area (Å²) >= 11 is 0. The number of rotatable bonds is 7. The molecule has 2 aliphatic heterocycles. The zero-order valence-corrected chi connectivity index (χ0v) is 29.0. The lowest BCUT2D eigenvalue weighted by Crippen LogP contribution is -2.53. The summed E-state index contributed by atoms with van der Waals surface area (Å²) in [6.07, 6.45) is 2.09. The van der Waals surface area contributed by atoms with Crippen molar-refractivity contribution >= 4 is 8.60 Å². The van der Waals surface area contributed by atoms with Gasteiger partial charge in [-0.15, -0.1) is 0 Å². The highest BCUT2D eigenvalue weighted by Gasteiger charge is 2.67. The van der Waals surface area contributed by atoms with Gasteiger partial charge in [0.15, 0.2) is 17.0 Å². The second-order valence-corrected chi connectivity index (χ2v) is 15.3. The molecule has 4 aromatic carbocycles. The van der Waals surface area contributed by atoms with Crippen molar-refractivity contribution in [2.45, 2.75) is 89.2 Å². The van der Waals surface area contributed by atoms with Crippen LogP contribution in [0.15, 0.2) is 121 Å². The summed E-state index contributed by atoms with van der Waals surface area (Å²) in [6, 6.07) is 41.7. The van der Waals surface area contributed by atoms with Crippen LogP contribution in [0, 0.1) is 17.8 Å². The molecule has 0 aromatic heterocycles. The summed E-state index contributed by atoms with van der Waals surface area (Å²) < 4.78 is 36.5. The van der Waals surface area contributed by atoms with Gasteiger partial charge < -0.3 is 14.0 Å². The van der Waals surface area contributed by atoms with Crippen molar-refractivity contribution < 1.29 is 23.0 Å². The second kappa shape index (κ2) is 13.2. The van der Waals surface area contributed by atoms with Crippen molar-refractivity contribution in [1.82, 2.24) is 0 Å². The molecule has 5 atom stereocenters. The van der Waals surface area contributed by atoms with Crippen LogP contribution in [0.3, 0.4) is 0 Å². The molecular weight excluding hydrogens is 603 g/mol. The first-order valence-corrected chi connectivity index (χ1v) is 18.3. The Bertz CT molecular complexity index is 1410. The lowest BCUT2D eigenvalue weighted by Gasteiger charge is -2.41. The Morgan fingerprint density at radius 2 is 1.00 bits per heavy atom. The predicted octanol–water partition coefficient (Wildman–Crippen LogP) is 10.1. The molecule has 246 valence electrons. The minimum atomic E-state index is -1.97. The lowest BCUT2D eigenvalue weighted by molar-refractivity contribution is -0.177. The van der Waals surface area contributed by atoms with Gasteiger partial charge in [-0.25, -0.2) is 0 Å². The summed E-state index contributed by atoms with van der Waals surface area (Å²) in [4.78, 5) is 0. The van der Waals surface area contributed by atoms with Crippen molar-refractivity contribution in [3.05, 3.63) is 144 Å². The van der Waals surface area contributed by atoms with E-state index in [1.54, 1.807) is 0 Å². The predicted molar refractivity (Wildman–Crippen MR) is 186 cm³/mol. The van der Waals surface area contributed by atoms with E-state index in [0.717, 1.165) is 35.1 Å². The third kappa shape index (κ3) is 6.01. The van der Waals surface area contributed by atoms with Gasteiger partial charge in [0, 0.05) is 0 Å². The Morgan fingerprint density at radius 3 is 1.36 bits per heavy atom. The van der Waals surface area contributed by atoms with E-state index in [0.29, 0.717) is 17.8 Å². The largest absolute Gasteiger partial charge is 0.341 e. The molecule has 5 nitrogen and oxygen atoms in total. The Labute approximate surface area is 281 Å². The summed E-state index contributed by atoms with van der Waals surface area (Å²) in [5.41, 5.74) is 1.67. The number of benzene rings is 4. The Balaban J connectivity index is 1.49. The third-order valence-corrected chi connectivity index (χ3v) is 11.8. The summed E-state index contributed by atoms with van der Waals surface area (Å²) in [6.45, 7) is 10.9. The van der Waals surface area contributed by atoms with Crippen molar-refractivity contribution in [3.63, 3.8) is 0 Å². The van der Waals surface area contributed by atoms with Crippen LogP contribution < -0.4 is 0 Å². The third-order valence-electron chi connectivity index (χ3n) is 10.5. The quantitative estimate of drug-likeness (QED) is 0.186. The molecule has 3 aliphatic rings. The zero-order valence-electron chi connectivity index (χ0n) is 28.1. The second-order valence-electron chi connectivity index (χ2n) is 14.3. The van der Waals surface area contributed by atoms with Crippen molar-refractivity contribution in [2.75, 3.05) is 0 Å². The van der Waals surface area contributed by atoms with Crippen LogP contribution in [0.5, 0.6) is 0 Å². The fourth-order valence-corrected chi connectivity index (χ4v) is 9.61. The number of hydrogen-bond donors (Lipinski definition) is 0. The van der Waals surface area contributed by atoms with E-state index in [9.17, 15) is 0 Å². The Morgan fingerprint density at radius 1 is 0.617 bits per heavy atom. The molecule has 0 radical (unpaired) electrons. The van der Waals surface area contributed by atoms with Gasteiger partial charge in [-0.2, -0.15) is 0 Å². The molecule has 6 heteroatoms. The van der Waals surface area contributed by atoms with E-state index in [-0.39, 0.29) is 6.10 Å². The van der Waals surface area contributed by atoms with E-state index < -0.39 is 37.8 Å². The van der Waals surface area contributed by atoms with Crippen LogP contribution in [0.4, 0.5) is 0 Å². The molecule has 3 fully saturated rings. The first-order valence-electron chi connectivity index (χ1n) is 17.2. The van der Waals surface area contributed by atoms with Crippen LogP contribution in [0.1, 0.15) is 76.1 Å². The van der Waals surface area contributed by atoms with Gasteiger partial charge in [0.25, 0.3) is 0 Å². The van der Waals surface area contributed by atoms with Crippen LogP contribution in [0.25, 0.3) is 0 Å².